The molecule has 1 aromatic heterocycles. The van der Waals surface area contributed by atoms with Crippen LogP contribution in [-0.4, -0.2) is 9.97 Å². The summed E-state index contributed by atoms with van der Waals surface area (Å²) < 4.78 is 0.916. The summed E-state index contributed by atoms with van der Waals surface area (Å²) in [6.07, 6.45) is 5.73. The van der Waals surface area contributed by atoms with Crippen molar-refractivity contribution in [3.05, 3.63) is 38.9 Å². The van der Waals surface area contributed by atoms with Crippen molar-refractivity contribution in [2.75, 3.05) is 0 Å². The highest BCUT2D eigenvalue weighted by Gasteiger charge is 2.10. The topological polar surface area (TPSA) is 25.8 Å². The first-order chi connectivity index (χ1) is 6.27. The zero-order valence-electron chi connectivity index (χ0n) is 6.48. The minimum Gasteiger partial charge on any atom is -0.225 e. The zero-order chi connectivity index (χ0) is 9.26. The van der Waals surface area contributed by atoms with Crippen molar-refractivity contribution >= 4 is 38.4 Å². The highest BCUT2D eigenvalue weighted by atomic mass is 79.9. The molecule has 2 rings (SSSR count). The maximum absolute atomic E-state index is 5.71. The summed E-state index contributed by atoms with van der Waals surface area (Å²) >= 11 is 9.12. The Morgan fingerprint density at radius 1 is 1.31 bits per heavy atom. The van der Waals surface area contributed by atoms with Gasteiger partial charge in [-0.2, -0.15) is 10.9 Å². The first-order valence-corrected chi connectivity index (χ1v) is 6.24. The Morgan fingerprint density at radius 2 is 2.00 bits per heavy atom. The van der Waals surface area contributed by atoms with Crippen LogP contribution >= 0.6 is 38.4 Å². The van der Waals surface area contributed by atoms with Crippen LogP contribution in [0.2, 0.25) is 5.28 Å². The number of hydrogen-bond acceptors (Lipinski definition) is 2. The normalized spacial score (nSPS) is 16.9. The number of allylic oxidation sites excluding steroid dienone is 2. The van der Waals surface area contributed by atoms with Crippen LogP contribution < -0.4 is 0 Å². The SMILES string of the molecule is Clc1ncc(Br)c([SH]2C=CC=C2)n1. The van der Waals surface area contributed by atoms with E-state index in [4.69, 9.17) is 11.6 Å². The fraction of sp³-hybridized carbons (Fsp3) is 0. The van der Waals surface area contributed by atoms with Crippen molar-refractivity contribution in [3.8, 4) is 0 Å². The molecule has 0 saturated heterocycles. The lowest BCUT2D eigenvalue weighted by Gasteiger charge is -2.10. The number of rotatable bonds is 1. The molecule has 1 aliphatic heterocycles. The molecule has 0 aliphatic carbocycles. The summed E-state index contributed by atoms with van der Waals surface area (Å²) in [4.78, 5) is 8.07. The average Bonchev–Trinajstić information content (AvgIpc) is 2.61. The number of aromatic nitrogens is 2. The van der Waals surface area contributed by atoms with E-state index in [9.17, 15) is 0 Å². The monoisotopic (exact) mass is 276 g/mol. The fourth-order valence-electron chi connectivity index (χ4n) is 0.994. The summed E-state index contributed by atoms with van der Waals surface area (Å²) in [5, 5.41) is 5.52. The lowest BCUT2D eigenvalue weighted by Crippen LogP contribution is -1.88. The van der Waals surface area contributed by atoms with Crippen molar-refractivity contribution in [1.29, 1.82) is 0 Å². The van der Waals surface area contributed by atoms with Gasteiger partial charge in [0.15, 0.2) is 0 Å². The second kappa shape index (κ2) is 3.82. The number of nitrogens with zero attached hydrogens (tertiary/aromatic N) is 2. The molecule has 1 aliphatic rings. The van der Waals surface area contributed by atoms with Gasteiger partial charge >= 0.3 is 0 Å². The predicted molar refractivity (Wildman–Crippen MR) is 60.3 cm³/mol. The van der Waals surface area contributed by atoms with Gasteiger partial charge in [0.25, 0.3) is 0 Å². The molecular weight excluding hydrogens is 272 g/mol. The second-order valence-corrected chi connectivity index (χ2v) is 5.43. The van der Waals surface area contributed by atoms with E-state index in [1.165, 1.54) is 0 Å². The molecule has 2 nitrogen and oxygen atoms in total. The lowest BCUT2D eigenvalue weighted by atomic mass is 10.6. The highest BCUT2D eigenvalue weighted by Crippen LogP contribution is 2.44. The third kappa shape index (κ3) is 1.95. The molecular formula is C8H6BrClN2S. The Balaban J connectivity index is 2.44. The van der Waals surface area contributed by atoms with E-state index in [0.29, 0.717) is 5.28 Å². The van der Waals surface area contributed by atoms with Crippen molar-refractivity contribution in [1.82, 2.24) is 9.97 Å². The minimum absolute atomic E-state index is 0.300. The van der Waals surface area contributed by atoms with Crippen molar-refractivity contribution in [2.24, 2.45) is 0 Å². The van der Waals surface area contributed by atoms with E-state index in [1.54, 1.807) is 6.20 Å². The van der Waals surface area contributed by atoms with E-state index in [-0.39, 0.29) is 0 Å². The van der Waals surface area contributed by atoms with E-state index in [1.807, 2.05) is 12.2 Å². The summed E-state index contributed by atoms with van der Waals surface area (Å²) in [5.41, 5.74) is 0. The number of halogens is 2. The Bertz CT molecular complexity index is 380. The van der Waals surface area contributed by atoms with Crippen molar-refractivity contribution in [2.45, 2.75) is 5.03 Å². The molecule has 0 fully saturated rings. The Hall–Kier alpha value is -0.320. The Morgan fingerprint density at radius 3 is 2.69 bits per heavy atom. The fourth-order valence-corrected chi connectivity index (χ4v) is 3.46. The lowest BCUT2D eigenvalue weighted by molar-refractivity contribution is 1.03. The van der Waals surface area contributed by atoms with Crippen LogP contribution in [0.15, 0.2) is 38.7 Å². The smallest absolute Gasteiger partial charge is 0.223 e. The molecule has 5 heteroatoms. The van der Waals surface area contributed by atoms with Gasteiger partial charge < -0.3 is 0 Å². The van der Waals surface area contributed by atoms with Gasteiger partial charge in [-0.3, -0.25) is 0 Å². The largest absolute Gasteiger partial charge is 0.225 e. The molecule has 0 unspecified atom stereocenters. The van der Waals surface area contributed by atoms with Crippen LogP contribution in [-0.2, 0) is 0 Å². The van der Waals surface area contributed by atoms with E-state index < -0.39 is 10.9 Å². The maximum Gasteiger partial charge on any atom is 0.223 e. The third-order valence-corrected chi connectivity index (χ3v) is 4.43. The third-order valence-electron chi connectivity index (χ3n) is 1.55. The van der Waals surface area contributed by atoms with Crippen molar-refractivity contribution in [3.63, 3.8) is 0 Å². The van der Waals surface area contributed by atoms with Crippen LogP contribution in [0.1, 0.15) is 0 Å². The molecule has 0 bridgehead atoms. The van der Waals surface area contributed by atoms with Gasteiger partial charge in [0.05, 0.1) is 4.47 Å². The molecule has 0 aromatic carbocycles. The van der Waals surface area contributed by atoms with Gasteiger partial charge in [-0.1, -0.05) is 12.2 Å². The molecule has 1 aromatic rings. The summed E-state index contributed by atoms with van der Waals surface area (Å²) in [6.45, 7) is 0. The minimum atomic E-state index is -0.421. The summed E-state index contributed by atoms with van der Waals surface area (Å²) in [6, 6.07) is 0. The van der Waals surface area contributed by atoms with Crippen LogP contribution in [0.5, 0.6) is 0 Å². The second-order valence-electron chi connectivity index (χ2n) is 2.40. The first kappa shape index (κ1) is 9.24. The summed E-state index contributed by atoms with van der Waals surface area (Å²) in [5.74, 6) is 0. The van der Waals surface area contributed by atoms with E-state index in [2.05, 4.69) is 36.7 Å². The average molecular weight is 278 g/mol. The molecule has 0 N–H and O–H groups in total. The van der Waals surface area contributed by atoms with Crippen LogP contribution in [0.4, 0.5) is 0 Å². The maximum atomic E-state index is 5.71. The van der Waals surface area contributed by atoms with E-state index >= 15 is 0 Å². The molecule has 0 atom stereocenters. The summed E-state index contributed by atoms with van der Waals surface area (Å²) in [7, 11) is -0.421. The van der Waals surface area contributed by atoms with Crippen molar-refractivity contribution < 1.29 is 0 Å². The van der Waals surface area contributed by atoms with Gasteiger partial charge in [0.2, 0.25) is 5.28 Å². The molecule has 13 heavy (non-hydrogen) atoms. The van der Waals surface area contributed by atoms with E-state index in [0.717, 1.165) is 9.50 Å². The van der Waals surface area contributed by atoms with Gasteiger partial charge in [-0.15, -0.1) is 0 Å². The predicted octanol–water partition coefficient (Wildman–Crippen LogP) is 3.29. The molecule has 0 saturated carbocycles. The van der Waals surface area contributed by atoms with Gasteiger partial charge in [-0.05, 0) is 38.3 Å². The molecule has 68 valence electrons. The quantitative estimate of drug-likeness (QED) is 0.484. The molecule has 0 radical (unpaired) electrons. The van der Waals surface area contributed by atoms with Gasteiger partial charge in [0.1, 0.15) is 5.03 Å². The van der Waals surface area contributed by atoms with Gasteiger partial charge in [0, 0.05) is 6.20 Å². The zero-order valence-corrected chi connectivity index (χ0v) is 9.72. The van der Waals surface area contributed by atoms with Gasteiger partial charge in [-0.25, -0.2) is 9.97 Å². The standard InChI is InChI=1S/C8H6BrClN2S/c9-6-5-11-8(10)12-7(6)13-3-1-2-4-13/h1-5,13H. The highest BCUT2D eigenvalue weighted by molar-refractivity contribution is 9.10. The van der Waals surface area contributed by atoms with Crippen LogP contribution in [0.3, 0.4) is 0 Å². The van der Waals surface area contributed by atoms with Crippen LogP contribution in [0.25, 0.3) is 0 Å². The molecule has 0 spiro atoms. The molecule has 0 amide bonds. The molecule has 2 heterocycles. The number of thiol groups is 1. The Kier molecular flexibility index (Phi) is 2.71. The van der Waals surface area contributed by atoms with Crippen LogP contribution in [0, 0.1) is 0 Å². The number of hydrogen-bond donors (Lipinski definition) is 1. The Labute approximate surface area is 92.2 Å². The first-order valence-electron chi connectivity index (χ1n) is 3.59.